The number of rotatable bonds is 4. The molecule has 0 fully saturated rings. The maximum atomic E-state index is 12.2. The van der Waals surface area contributed by atoms with Gasteiger partial charge in [-0.1, -0.05) is 11.3 Å². The van der Waals surface area contributed by atoms with Gasteiger partial charge in [0.15, 0.2) is 0 Å². The van der Waals surface area contributed by atoms with E-state index >= 15 is 0 Å². The Labute approximate surface area is 115 Å². The third-order valence-corrected chi connectivity index (χ3v) is 4.08. The van der Waals surface area contributed by atoms with Crippen LogP contribution in [0.4, 0.5) is 0 Å². The molecule has 5 nitrogen and oxygen atoms in total. The molecule has 0 radical (unpaired) electrons. The van der Waals surface area contributed by atoms with E-state index in [0.717, 1.165) is 22.8 Å². The van der Waals surface area contributed by atoms with E-state index in [-0.39, 0.29) is 23.4 Å². The average Bonchev–Trinajstić information content (AvgIpc) is 3.02. The Morgan fingerprint density at radius 1 is 1.58 bits per heavy atom. The van der Waals surface area contributed by atoms with Crippen molar-refractivity contribution < 1.29 is 9.21 Å². The first kappa shape index (κ1) is 13.6. The summed E-state index contributed by atoms with van der Waals surface area (Å²) in [5.74, 6) is 0.609. The summed E-state index contributed by atoms with van der Waals surface area (Å²) >= 11 is 1.11. The van der Waals surface area contributed by atoms with Crippen LogP contribution in [0, 0.1) is 6.92 Å². The molecule has 1 unspecified atom stereocenters. The molecular formula is C13H16N2O3S. The third-order valence-electron chi connectivity index (χ3n) is 3.20. The van der Waals surface area contributed by atoms with Crippen molar-refractivity contribution in [1.29, 1.82) is 0 Å². The molecule has 0 aliphatic carbocycles. The molecule has 0 N–H and O–H groups in total. The minimum Gasteiger partial charge on any atom is -0.467 e. The van der Waals surface area contributed by atoms with Crippen molar-refractivity contribution in [2.24, 2.45) is 0 Å². The van der Waals surface area contributed by atoms with E-state index in [2.05, 4.69) is 0 Å². The van der Waals surface area contributed by atoms with Gasteiger partial charge in [0.05, 0.1) is 12.3 Å². The topological polar surface area (TPSA) is 55.5 Å². The van der Waals surface area contributed by atoms with E-state index in [1.165, 1.54) is 4.57 Å². The molecule has 19 heavy (non-hydrogen) atoms. The first-order chi connectivity index (χ1) is 9.00. The number of amides is 1. The molecule has 2 heterocycles. The monoisotopic (exact) mass is 280 g/mol. The molecule has 2 aromatic heterocycles. The summed E-state index contributed by atoms with van der Waals surface area (Å²) in [4.78, 5) is 25.2. The Morgan fingerprint density at radius 2 is 2.32 bits per heavy atom. The zero-order chi connectivity index (χ0) is 14.0. The number of likely N-dealkylation sites (N-methyl/N-ethyl adjacent to an activating group) is 1. The molecule has 2 aromatic rings. The van der Waals surface area contributed by atoms with Crippen LogP contribution in [-0.2, 0) is 11.3 Å². The van der Waals surface area contributed by atoms with Gasteiger partial charge in [-0.05, 0) is 26.0 Å². The van der Waals surface area contributed by atoms with Crippen LogP contribution in [0.3, 0.4) is 0 Å². The Kier molecular flexibility index (Phi) is 3.90. The van der Waals surface area contributed by atoms with Crippen molar-refractivity contribution in [3.63, 3.8) is 0 Å². The summed E-state index contributed by atoms with van der Waals surface area (Å²) in [6, 6.07) is 3.46. The minimum atomic E-state index is -0.155. The fraction of sp³-hybridized carbons (Fsp3) is 0.385. The number of nitrogens with zero attached hydrogens (tertiary/aromatic N) is 2. The van der Waals surface area contributed by atoms with Gasteiger partial charge in [0.2, 0.25) is 5.91 Å². The number of carbonyl (C=O) groups excluding carboxylic acids is 1. The van der Waals surface area contributed by atoms with Crippen LogP contribution in [0.2, 0.25) is 0 Å². The number of furan rings is 1. The van der Waals surface area contributed by atoms with Crippen LogP contribution >= 0.6 is 11.3 Å². The third kappa shape index (κ3) is 2.78. The normalized spacial score (nSPS) is 12.4. The van der Waals surface area contributed by atoms with E-state index < -0.39 is 0 Å². The lowest BCUT2D eigenvalue weighted by molar-refractivity contribution is -0.132. The summed E-state index contributed by atoms with van der Waals surface area (Å²) < 4.78 is 6.77. The smallest absolute Gasteiger partial charge is 0.307 e. The van der Waals surface area contributed by atoms with E-state index in [9.17, 15) is 9.59 Å². The van der Waals surface area contributed by atoms with Crippen LogP contribution in [0.15, 0.2) is 33.0 Å². The first-order valence-corrected chi connectivity index (χ1v) is 6.82. The predicted molar refractivity (Wildman–Crippen MR) is 73.2 cm³/mol. The summed E-state index contributed by atoms with van der Waals surface area (Å²) in [5.41, 5.74) is 0.808. The van der Waals surface area contributed by atoms with Gasteiger partial charge >= 0.3 is 4.87 Å². The highest BCUT2D eigenvalue weighted by molar-refractivity contribution is 7.07. The van der Waals surface area contributed by atoms with E-state index in [1.54, 1.807) is 29.7 Å². The van der Waals surface area contributed by atoms with Crippen molar-refractivity contribution in [1.82, 2.24) is 9.47 Å². The number of aryl methyl sites for hydroxylation is 1. The second-order valence-electron chi connectivity index (χ2n) is 4.43. The zero-order valence-electron chi connectivity index (χ0n) is 11.1. The first-order valence-electron chi connectivity index (χ1n) is 5.94. The van der Waals surface area contributed by atoms with Crippen molar-refractivity contribution >= 4 is 17.2 Å². The summed E-state index contributed by atoms with van der Waals surface area (Å²) in [7, 11) is 1.71. The van der Waals surface area contributed by atoms with E-state index in [4.69, 9.17) is 4.42 Å². The summed E-state index contributed by atoms with van der Waals surface area (Å²) in [5, 5.41) is 1.76. The lowest BCUT2D eigenvalue weighted by atomic mass is 10.2. The average molecular weight is 280 g/mol. The van der Waals surface area contributed by atoms with Crippen LogP contribution in [-0.4, -0.2) is 22.4 Å². The molecule has 0 saturated carbocycles. The Balaban J connectivity index is 2.10. The number of thiazole rings is 1. The largest absolute Gasteiger partial charge is 0.467 e. The fourth-order valence-corrected chi connectivity index (χ4v) is 2.51. The number of hydrogen-bond acceptors (Lipinski definition) is 4. The second-order valence-corrected chi connectivity index (χ2v) is 5.25. The van der Waals surface area contributed by atoms with E-state index in [1.807, 2.05) is 19.9 Å². The SMILES string of the molecule is Cc1csc(=O)n1CC(=O)N(C)C(C)c1ccco1. The van der Waals surface area contributed by atoms with Gasteiger partial charge in [-0.3, -0.25) is 14.2 Å². The molecule has 102 valence electrons. The number of hydrogen-bond donors (Lipinski definition) is 0. The molecule has 0 bridgehead atoms. The Bertz CT molecular complexity index is 612. The lowest BCUT2D eigenvalue weighted by Gasteiger charge is -2.23. The summed E-state index contributed by atoms with van der Waals surface area (Å²) in [6.07, 6.45) is 1.58. The highest BCUT2D eigenvalue weighted by atomic mass is 32.1. The predicted octanol–water partition coefficient (Wildman–Crippen LogP) is 2.03. The highest BCUT2D eigenvalue weighted by Crippen LogP contribution is 2.19. The fourth-order valence-electron chi connectivity index (χ4n) is 1.78. The molecule has 0 aliphatic heterocycles. The quantitative estimate of drug-likeness (QED) is 0.861. The second kappa shape index (κ2) is 5.44. The Morgan fingerprint density at radius 3 is 2.84 bits per heavy atom. The zero-order valence-corrected chi connectivity index (χ0v) is 11.9. The van der Waals surface area contributed by atoms with Crippen LogP contribution in [0.25, 0.3) is 0 Å². The van der Waals surface area contributed by atoms with Gasteiger partial charge < -0.3 is 9.32 Å². The van der Waals surface area contributed by atoms with Gasteiger partial charge in [-0.15, -0.1) is 0 Å². The maximum absolute atomic E-state index is 12.2. The van der Waals surface area contributed by atoms with Crippen molar-refractivity contribution in [3.8, 4) is 0 Å². The molecule has 6 heteroatoms. The molecule has 2 rings (SSSR count). The molecule has 0 saturated heterocycles. The van der Waals surface area contributed by atoms with Gasteiger partial charge in [-0.25, -0.2) is 0 Å². The van der Waals surface area contributed by atoms with Crippen LogP contribution < -0.4 is 4.87 Å². The van der Waals surface area contributed by atoms with Gasteiger partial charge in [0.1, 0.15) is 12.3 Å². The van der Waals surface area contributed by atoms with Gasteiger partial charge in [0.25, 0.3) is 0 Å². The van der Waals surface area contributed by atoms with Crippen molar-refractivity contribution in [3.05, 3.63) is 44.9 Å². The highest BCUT2D eigenvalue weighted by Gasteiger charge is 2.20. The van der Waals surface area contributed by atoms with Gasteiger partial charge in [0, 0.05) is 18.1 Å². The maximum Gasteiger partial charge on any atom is 0.307 e. The number of aromatic nitrogens is 1. The lowest BCUT2D eigenvalue weighted by Crippen LogP contribution is -2.34. The molecule has 1 atom stereocenters. The summed E-state index contributed by atoms with van der Waals surface area (Å²) in [6.45, 7) is 3.77. The van der Waals surface area contributed by atoms with Crippen molar-refractivity contribution in [2.45, 2.75) is 26.4 Å². The van der Waals surface area contributed by atoms with Crippen LogP contribution in [0.1, 0.15) is 24.4 Å². The van der Waals surface area contributed by atoms with Crippen LogP contribution in [0.5, 0.6) is 0 Å². The van der Waals surface area contributed by atoms with Gasteiger partial charge in [-0.2, -0.15) is 0 Å². The van der Waals surface area contributed by atoms with Crippen molar-refractivity contribution in [2.75, 3.05) is 7.05 Å². The van der Waals surface area contributed by atoms with E-state index in [0.29, 0.717) is 0 Å². The minimum absolute atomic E-state index is 0.0652. The molecular weight excluding hydrogens is 264 g/mol. The molecule has 1 amide bonds. The molecule has 0 aliphatic rings. The molecule has 0 aromatic carbocycles. The number of carbonyl (C=O) groups is 1. The Hall–Kier alpha value is -1.82. The standard InChI is InChI=1S/C13H16N2O3S/c1-9-8-19-13(17)15(9)7-12(16)14(3)10(2)11-5-4-6-18-11/h4-6,8,10H,7H2,1-3H3. The molecule has 0 spiro atoms.